The number of nitrogens with two attached hydrogens (primary N) is 1. The molecule has 0 fully saturated rings. The zero-order valence-electron chi connectivity index (χ0n) is 7.25. The van der Waals surface area contributed by atoms with Crippen molar-refractivity contribution in [1.82, 2.24) is 14.8 Å². The van der Waals surface area contributed by atoms with Crippen molar-refractivity contribution in [1.29, 1.82) is 5.26 Å². The molecule has 2 rings (SSSR count). The average molecular weight is 185 g/mol. The third kappa shape index (κ3) is 1.29. The van der Waals surface area contributed by atoms with E-state index in [9.17, 15) is 0 Å². The molecule has 0 aliphatic rings. The van der Waals surface area contributed by atoms with Crippen molar-refractivity contribution < 1.29 is 0 Å². The number of anilines is 1. The van der Waals surface area contributed by atoms with Crippen LogP contribution in [0.5, 0.6) is 0 Å². The second kappa shape index (κ2) is 3.18. The first-order chi connectivity index (χ1) is 6.81. The van der Waals surface area contributed by atoms with E-state index in [1.165, 1.54) is 6.33 Å². The fraction of sp³-hybridized carbons (Fsp3) is 0. The summed E-state index contributed by atoms with van der Waals surface area (Å²) in [6.45, 7) is 0. The lowest BCUT2D eigenvalue weighted by atomic mass is 10.2. The summed E-state index contributed by atoms with van der Waals surface area (Å²) in [7, 11) is 0. The van der Waals surface area contributed by atoms with Crippen LogP contribution in [-0.2, 0) is 0 Å². The maximum Gasteiger partial charge on any atom is 0.226 e. The Balaban J connectivity index is 2.45. The number of rotatable bonds is 1. The van der Waals surface area contributed by atoms with Crippen LogP contribution >= 0.6 is 0 Å². The molecule has 14 heavy (non-hydrogen) atoms. The number of nitrogens with zero attached hydrogens (tertiary/aromatic N) is 4. The van der Waals surface area contributed by atoms with Gasteiger partial charge in [0.2, 0.25) is 5.95 Å². The highest BCUT2D eigenvalue weighted by atomic mass is 15.3. The van der Waals surface area contributed by atoms with E-state index in [1.54, 1.807) is 28.8 Å². The molecule has 1 aromatic heterocycles. The van der Waals surface area contributed by atoms with E-state index >= 15 is 0 Å². The summed E-state index contributed by atoms with van der Waals surface area (Å²) in [6.07, 6.45) is 1.52. The Hall–Kier alpha value is -2.35. The first-order valence-electron chi connectivity index (χ1n) is 3.97. The van der Waals surface area contributed by atoms with Crippen molar-refractivity contribution >= 4 is 5.95 Å². The molecule has 0 saturated carbocycles. The summed E-state index contributed by atoms with van der Waals surface area (Å²) in [5.41, 5.74) is 7.02. The van der Waals surface area contributed by atoms with E-state index in [4.69, 9.17) is 11.0 Å². The Morgan fingerprint density at radius 2 is 2.00 bits per heavy atom. The smallest absolute Gasteiger partial charge is 0.226 e. The fourth-order valence-electron chi connectivity index (χ4n) is 1.14. The highest BCUT2D eigenvalue weighted by Crippen LogP contribution is 2.11. The lowest BCUT2D eigenvalue weighted by molar-refractivity contribution is 1.07. The second-order valence-electron chi connectivity index (χ2n) is 2.72. The lowest BCUT2D eigenvalue weighted by Crippen LogP contribution is -1.99. The Bertz CT molecular complexity index is 477. The number of nitrogen functional groups attached to an aromatic ring is 1. The minimum absolute atomic E-state index is 0.328. The molecule has 5 heteroatoms. The second-order valence-corrected chi connectivity index (χ2v) is 2.72. The van der Waals surface area contributed by atoms with Gasteiger partial charge in [-0.2, -0.15) is 5.26 Å². The molecular weight excluding hydrogens is 178 g/mol. The monoisotopic (exact) mass is 185 g/mol. The Kier molecular flexibility index (Phi) is 1.88. The maximum atomic E-state index is 8.61. The van der Waals surface area contributed by atoms with Crippen LogP contribution in [0.4, 0.5) is 5.95 Å². The van der Waals surface area contributed by atoms with Gasteiger partial charge in [-0.25, -0.2) is 0 Å². The molecule has 0 aliphatic heterocycles. The molecule has 1 aromatic carbocycles. The largest absolute Gasteiger partial charge is 0.368 e. The topological polar surface area (TPSA) is 80.5 Å². The summed E-state index contributed by atoms with van der Waals surface area (Å²) >= 11 is 0. The minimum Gasteiger partial charge on any atom is -0.368 e. The summed E-state index contributed by atoms with van der Waals surface area (Å²) in [5.74, 6) is 0.328. The molecule has 0 amide bonds. The van der Waals surface area contributed by atoms with Gasteiger partial charge in [0, 0.05) is 0 Å². The summed E-state index contributed by atoms with van der Waals surface area (Å²) in [4.78, 5) is 0. The Labute approximate surface area is 80.4 Å². The van der Waals surface area contributed by atoms with Gasteiger partial charge >= 0.3 is 0 Å². The van der Waals surface area contributed by atoms with E-state index in [0.29, 0.717) is 11.5 Å². The van der Waals surface area contributed by atoms with Crippen LogP contribution in [0.15, 0.2) is 30.6 Å². The number of benzene rings is 1. The summed E-state index contributed by atoms with van der Waals surface area (Å²) in [6, 6.07) is 9.06. The first kappa shape index (κ1) is 8.26. The van der Waals surface area contributed by atoms with Gasteiger partial charge in [-0.3, -0.25) is 4.57 Å². The number of aromatic nitrogens is 3. The predicted octanol–water partition coefficient (Wildman–Crippen LogP) is 0.721. The maximum absolute atomic E-state index is 8.61. The first-order valence-corrected chi connectivity index (χ1v) is 3.97. The standard InChI is InChI=1S/C9H7N5/c10-5-7-1-3-8(4-2-7)14-6-12-13-9(14)11/h1-4,6H,(H2,11,13). The normalized spacial score (nSPS) is 9.64. The summed E-state index contributed by atoms with van der Waals surface area (Å²) < 4.78 is 1.64. The molecule has 0 radical (unpaired) electrons. The fourth-order valence-corrected chi connectivity index (χ4v) is 1.14. The molecule has 5 nitrogen and oxygen atoms in total. The van der Waals surface area contributed by atoms with Crippen LogP contribution in [0, 0.1) is 11.3 Å². The number of hydrogen-bond donors (Lipinski definition) is 1. The van der Waals surface area contributed by atoms with Crippen LogP contribution in [0.25, 0.3) is 5.69 Å². The lowest BCUT2D eigenvalue weighted by Gasteiger charge is -2.01. The molecule has 0 aliphatic carbocycles. The zero-order chi connectivity index (χ0) is 9.97. The molecule has 0 bridgehead atoms. The highest BCUT2D eigenvalue weighted by Gasteiger charge is 2.01. The summed E-state index contributed by atoms with van der Waals surface area (Å²) in [5, 5.41) is 15.9. The molecule has 0 spiro atoms. The molecule has 68 valence electrons. The van der Waals surface area contributed by atoms with E-state index in [1.807, 2.05) is 6.07 Å². The van der Waals surface area contributed by atoms with E-state index in [0.717, 1.165) is 5.69 Å². The van der Waals surface area contributed by atoms with Crippen molar-refractivity contribution in [2.75, 3.05) is 5.73 Å². The third-order valence-electron chi connectivity index (χ3n) is 1.85. The molecule has 0 saturated heterocycles. The molecule has 2 aromatic rings. The molecular formula is C9H7N5. The van der Waals surface area contributed by atoms with E-state index < -0.39 is 0 Å². The van der Waals surface area contributed by atoms with Gasteiger partial charge in [0.25, 0.3) is 0 Å². The van der Waals surface area contributed by atoms with Crippen molar-refractivity contribution in [3.63, 3.8) is 0 Å². The van der Waals surface area contributed by atoms with Gasteiger partial charge in [-0.15, -0.1) is 10.2 Å². The van der Waals surface area contributed by atoms with Crippen LogP contribution in [-0.4, -0.2) is 14.8 Å². The van der Waals surface area contributed by atoms with Gasteiger partial charge < -0.3 is 5.73 Å². The molecule has 0 atom stereocenters. The molecule has 2 N–H and O–H groups in total. The third-order valence-corrected chi connectivity index (χ3v) is 1.85. The number of hydrogen-bond acceptors (Lipinski definition) is 4. The minimum atomic E-state index is 0.328. The number of nitriles is 1. The van der Waals surface area contributed by atoms with Crippen LogP contribution in [0.1, 0.15) is 5.56 Å². The van der Waals surface area contributed by atoms with E-state index in [2.05, 4.69) is 10.2 Å². The van der Waals surface area contributed by atoms with Gasteiger partial charge in [0.15, 0.2) is 0 Å². The molecule has 1 heterocycles. The van der Waals surface area contributed by atoms with Crippen LogP contribution in [0.2, 0.25) is 0 Å². The van der Waals surface area contributed by atoms with Gasteiger partial charge in [-0.05, 0) is 24.3 Å². The molecule has 0 unspecified atom stereocenters. The highest BCUT2D eigenvalue weighted by molar-refractivity contribution is 5.42. The van der Waals surface area contributed by atoms with Crippen LogP contribution < -0.4 is 5.73 Å². The van der Waals surface area contributed by atoms with Crippen LogP contribution in [0.3, 0.4) is 0 Å². The van der Waals surface area contributed by atoms with Crippen molar-refractivity contribution in [3.05, 3.63) is 36.2 Å². The van der Waals surface area contributed by atoms with Gasteiger partial charge in [-0.1, -0.05) is 0 Å². The van der Waals surface area contributed by atoms with E-state index in [-0.39, 0.29) is 0 Å². The van der Waals surface area contributed by atoms with Crippen molar-refractivity contribution in [2.45, 2.75) is 0 Å². The van der Waals surface area contributed by atoms with Gasteiger partial charge in [0.1, 0.15) is 6.33 Å². The quantitative estimate of drug-likeness (QED) is 0.709. The Morgan fingerprint density at radius 1 is 1.29 bits per heavy atom. The zero-order valence-corrected chi connectivity index (χ0v) is 7.25. The average Bonchev–Trinajstić information content (AvgIpc) is 2.65. The predicted molar refractivity (Wildman–Crippen MR) is 50.5 cm³/mol. The SMILES string of the molecule is N#Cc1ccc(-n2cnnc2N)cc1. The van der Waals surface area contributed by atoms with Crippen molar-refractivity contribution in [2.24, 2.45) is 0 Å². The Morgan fingerprint density at radius 3 is 2.50 bits per heavy atom. The van der Waals surface area contributed by atoms with Crippen molar-refractivity contribution in [3.8, 4) is 11.8 Å². The van der Waals surface area contributed by atoms with Gasteiger partial charge in [0.05, 0.1) is 17.3 Å².